The van der Waals surface area contributed by atoms with E-state index >= 15 is 0 Å². The van der Waals surface area contributed by atoms with Gasteiger partial charge in [0.05, 0.1) is 5.69 Å². The summed E-state index contributed by atoms with van der Waals surface area (Å²) in [5.74, 6) is -0.411. The van der Waals surface area contributed by atoms with Crippen molar-refractivity contribution >= 4 is 16.8 Å². The van der Waals surface area contributed by atoms with Crippen LogP contribution in [0.5, 0.6) is 0 Å². The molecule has 1 amide bonds. The van der Waals surface area contributed by atoms with Gasteiger partial charge < -0.3 is 10.7 Å². The third-order valence-corrected chi connectivity index (χ3v) is 3.65. The van der Waals surface area contributed by atoms with Crippen LogP contribution >= 0.6 is 0 Å². The number of aromatic nitrogens is 2. The van der Waals surface area contributed by atoms with E-state index in [-0.39, 0.29) is 0 Å². The molecule has 0 atom stereocenters. The van der Waals surface area contributed by atoms with Crippen molar-refractivity contribution in [3.8, 4) is 11.3 Å². The highest BCUT2D eigenvalue weighted by molar-refractivity contribution is 5.99. The average molecular weight is 265 g/mol. The Bertz CT molecular complexity index is 818. The number of nitrogens with one attached hydrogen (secondary N) is 1. The molecule has 0 aliphatic carbocycles. The number of carbonyl (C=O) groups excluding carboxylic acids is 1. The van der Waals surface area contributed by atoms with E-state index in [1.54, 1.807) is 12.3 Å². The van der Waals surface area contributed by atoms with Crippen LogP contribution in [0.2, 0.25) is 0 Å². The molecule has 0 aliphatic heterocycles. The lowest BCUT2D eigenvalue weighted by Crippen LogP contribution is -2.10. The van der Waals surface area contributed by atoms with Crippen LogP contribution < -0.4 is 5.73 Å². The summed E-state index contributed by atoms with van der Waals surface area (Å²) in [6, 6.07) is 7.44. The molecule has 100 valence electrons. The van der Waals surface area contributed by atoms with Gasteiger partial charge in [0.15, 0.2) is 0 Å². The van der Waals surface area contributed by atoms with Crippen molar-refractivity contribution in [2.75, 3.05) is 0 Å². The normalized spacial score (nSPS) is 10.9. The van der Waals surface area contributed by atoms with Crippen LogP contribution in [0, 0.1) is 13.8 Å². The van der Waals surface area contributed by atoms with E-state index < -0.39 is 5.91 Å². The van der Waals surface area contributed by atoms with Gasteiger partial charge in [-0.2, -0.15) is 0 Å². The number of primary amides is 1. The van der Waals surface area contributed by atoms with Gasteiger partial charge in [0.1, 0.15) is 0 Å². The molecular formula is C16H15N3O. The van der Waals surface area contributed by atoms with Gasteiger partial charge in [-0.3, -0.25) is 9.78 Å². The van der Waals surface area contributed by atoms with Gasteiger partial charge in [0.25, 0.3) is 0 Å². The van der Waals surface area contributed by atoms with Crippen LogP contribution in [-0.4, -0.2) is 15.9 Å². The molecule has 3 rings (SSSR count). The van der Waals surface area contributed by atoms with E-state index in [1.165, 1.54) is 0 Å². The third kappa shape index (κ3) is 1.86. The number of aromatic amines is 1. The maximum absolute atomic E-state index is 11.3. The van der Waals surface area contributed by atoms with Crippen LogP contribution in [-0.2, 0) is 0 Å². The van der Waals surface area contributed by atoms with Gasteiger partial charge in [0, 0.05) is 34.4 Å². The molecule has 0 unspecified atom stereocenters. The number of rotatable bonds is 2. The first kappa shape index (κ1) is 12.4. The van der Waals surface area contributed by atoms with Gasteiger partial charge in [-0.1, -0.05) is 0 Å². The second-order valence-corrected chi connectivity index (χ2v) is 4.94. The topological polar surface area (TPSA) is 71.8 Å². The Morgan fingerprint density at radius 1 is 1.25 bits per heavy atom. The number of hydrogen-bond donors (Lipinski definition) is 2. The molecule has 2 aromatic heterocycles. The number of carbonyl (C=O) groups is 1. The number of aryl methyl sites for hydroxylation is 2. The van der Waals surface area contributed by atoms with Crippen molar-refractivity contribution in [2.45, 2.75) is 13.8 Å². The van der Waals surface area contributed by atoms with Gasteiger partial charge in [-0.05, 0) is 49.2 Å². The highest BCUT2D eigenvalue weighted by Crippen LogP contribution is 2.31. The number of benzene rings is 1. The van der Waals surface area contributed by atoms with E-state index in [1.807, 2.05) is 31.3 Å². The summed E-state index contributed by atoms with van der Waals surface area (Å²) in [5.41, 5.74) is 11.2. The van der Waals surface area contributed by atoms with Crippen LogP contribution in [0.1, 0.15) is 21.5 Å². The smallest absolute Gasteiger partial charge is 0.248 e. The molecule has 3 N–H and O–H groups in total. The standard InChI is InChI=1S/C16H15N3O/c1-9-5-6-18-8-13(9)15-10(2)12-7-11(16(17)20)3-4-14(12)19-15/h3-8,19H,1-2H3,(H2,17,20). The SMILES string of the molecule is Cc1ccncc1-c1[nH]c2ccc(C(N)=O)cc2c1C. The summed E-state index contributed by atoms with van der Waals surface area (Å²) in [6.07, 6.45) is 3.63. The lowest BCUT2D eigenvalue weighted by molar-refractivity contribution is 0.100. The zero-order chi connectivity index (χ0) is 14.3. The minimum absolute atomic E-state index is 0.411. The summed E-state index contributed by atoms with van der Waals surface area (Å²) in [6.45, 7) is 4.09. The Hall–Kier alpha value is -2.62. The monoisotopic (exact) mass is 265 g/mol. The molecular weight excluding hydrogens is 250 g/mol. The molecule has 4 nitrogen and oxygen atoms in total. The zero-order valence-electron chi connectivity index (χ0n) is 11.4. The first-order valence-electron chi connectivity index (χ1n) is 6.41. The van der Waals surface area contributed by atoms with E-state index in [4.69, 9.17) is 5.73 Å². The van der Waals surface area contributed by atoms with Gasteiger partial charge in [-0.15, -0.1) is 0 Å². The Morgan fingerprint density at radius 2 is 2.05 bits per heavy atom. The van der Waals surface area contributed by atoms with E-state index in [0.717, 1.165) is 33.3 Å². The van der Waals surface area contributed by atoms with Crippen LogP contribution in [0.25, 0.3) is 22.2 Å². The van der Waals surface area contributed by atoms with Crippen molar-refractivity contribution in [1.29, 1.82) is 0 Å². The van der Waals surface area contributed by atoms with Crippen molar-refractivity contribution in [2.24, 2.45) is 5.73 Å². The van der Waals surface area contributed by atoms with Gasteiger partial charge in [-0.25, -0.2) is 0 Å². The third-order valence-electron chi connectivity index (χ3n) is 3.65. The van der Waals surface area contributed by atoms with Crippen LogP contribution in [0.4, 0.5) is 0 Å². The fourth-order valence-corrected chi connectivity index (χ4v) is 2.47. The minimum atomic E-state index is -0.411. The van der Waals surface area contributed by atoms with E-state index in [9.17, 15) is 4.79 Å². The molecule has 0 fully saturated rings. The number of fused-ring (bicyclic) bond motifs is 1. The maximum atomic E-state index is 11.3. The second kappa shape index (κ2) is 4.49. The predicted molar refractivity (Wildman–Crippen MR) is 79.5 cm³/mol. The van der Waals surface area contributed by atoms with E-state index in [2.05, 4.69) is 16.9 Å². The van der Waals surface area contributed by atoms with Crippen LogP contribution in [0.3, 0.4) is 0 Å². The van der Waals surface area contributed by atoms with E-state index in [0.29, 0.717) is 5.56 Å². The Morgan fingerprint density at radius 3 is 2.75 bits per heavy atom. The molecule has 20 heavy (non-hydrogen) atoms. The summed E-state index contributed by atoms with van der Waals surface area (Å²) >= 11 is 0. The minimum Gasteiger partial charge on any atom is -0.366 e. The summed E-state index contributed by atoms with van der Waals surface area (Å²) in [7, 11) is 0. The Balaban J connectivity index is 2.26. The molecule has 0 bridgehead atoms. The quantitative estimate of drug-likeness (QED) is 0.747. The molecule has 2 heterocycles. The predicted octanol–water partition coefficient (Wildman–Crippen LogP) is 2.95. The Kier molecular flexibility index (Phi) is 2.79. The molecule has 0 aliphatic rings. The number of nitrogens with zero attached hydrogens (tertiary/aromatic N) is 1. The second-order valence-electron chi connectivity index (χ2n) is 4.94. The highest BCUT2D eigenvalue weighted by atomic mass is 16.1. The number of nitrogens with two attached hydrogens (primary N) is 1. The lowest BCUT2D eigenvalue weighted by Gasteiger charge is -2.03. The summed E-state index contributed by atoms with van der Waals surface area (Å²) in [4.78, 5) is 18.9. The first-order valence-corrected chi connectivity index (χ1v) is 6.41. The number of H-pyrrole nitrogens is 1. The van der Waals surface area contributed by atoms with Gasteiger partial charge in [0.2, 0.25) is 5.91 Å². The molecule has 3 aromatic rings. The number of amides is 1. The molecule has 0 spiro atoms. The highest BCUT2D eigenvalue weighted by Gasteiger charge is 2.12. The van der Waals surface area contributed by atoms with Crippen molar-refractivity contribution in [3.05, 3.63) is 53.3 Å². The first-order chi connectivity index (χ1) is 9.58. The zero-order valence-corrected chi connectivity index (χ0v) is 11.4. The van der Waals surface area contributed by atoms with Crippen molar-refractivity contribution in [3.63, 3.8) is 0 Å². The molecule has 4 heteroatoms. The summed E-state index contributed by atoms with van der Waals surface area (Å²) < 4.78 is 0. The number of hydrogen-bond acceptors (Lipinski definition) is 2. The maximum Gasteiger partial charge on any atom is 0.248 e. The van der Waals surface area contributed by atoms with Gasteiger partial charge >= 0.3 is 0 Å². The largest absolute Gasteiger partial charge is 0.366 e. The fraction of sp³-hybridized carbons (Fsp3) is 0.125. The number of pyridine rings is 1. The average Bonchev–Trinajstić information content (AvgIpc) is 2.76. The fourth-order valence-electron chi connectivity index (χ4n) is 2.47. The molecule has 0 radical (unpaired) electrons. The molecule has 0 saturated heterocycles. The van der Waals surface area contributed by atoms with Crippen molar-refractivity contribution < 1.29 is 4.79 Å². The Labute approximate surface area is 116 Å². The summed E-state index contributed by atoms with van der Waals surface area (Å²) in [5, 5.41) is 1.01. The van der Waals surface area contributed by atoms with Crippen LogP contribution in [0.15, 0.2) is 36.7 Å². The lowest BCUT2D eigenvalue weighted by atomic mass is 10.0. The molecule has 1 aromatic carbocycles. The van der Waals surface area contributed by atoms with Crippen molar-refractivity contribution in [1.82, 2.24) is 9.97 Å². The molecule has 0 saturated carbocycles.